The molecular formula is C11H10N4O4. The van der Waals surface area contributed by atoms with Gasteiger partial charge >= 0.3 is 11.8 Å². The number of nitro benzene ring substituents is 1. The van der Waals surface area contributed by atoms with Crippen LogP contribution in [-0.2, 0) is 16.1 Å². The lowest BCUT2D eigenvalue weighted by Crippen LogP contribution is -2.25. The van der Waals surface area contributed by atoms with Crippen molar-refractivity contribution in [3.63, 3.8) is 0 Å². The topological polar surface area (TPSA) is 114 Å². The third-order valence-electron chi connectivity index (χ3n) is 2.69. The van der Waals surface area contributed by atoms with Gasteiger partial charge in [-0.15, -0.1) is 0 Å². The van der Waals surface area contributed by atoms with Gasteiger partial charge in [-0.25, -0.2) is 4.99 Å². The van der Waals surface area contributed by atoms with E-state index in [1.807, 2.05) is 0 Å². The molecule has 8 heteroatoms. The minimum absolute atomic E-state index is 0.0113. The number of hydrogen-bond donors (Lipinski definition) is 2. The molecule has 1 aromatic rings. The van der Waals surface area contributed by atoms with Crippen molar-refractivity contribution in [3.05, 3.63) is 39.4 Å². The number of nitrogens with zero attached hydrogens (tertiary/aromatic N) is 2. The van der Waals surface area contributed by atoms with Gasteiger partial charge < -0.3 is 0 Å². The van der Waals surface area contributed by atoms with Gasteiger partial charge in [0.05, 0.1) is 11.5 Å². The lowest BCUT2D eigenvalue weighted by molar-refractivity contribution is -0.385. The van der Waals surface area contributed by atoms with E-state index in [0.29, 0.717) is 11.1 Å². The first kappa shape index (κ1) is 12.7. The second-order valence-corrected chi connectivity index (χ2v) is 3.89. The molecular weight excluding hydrogens is 252 g/mol. The van der Waals surface area contributed by atoms with Crippen molar-refractivity contribution in [1.29, 1.82) is 0 Å². The number of rotatable bonds is 3. The molecule has 1 aromatic carbocycles. The van der Waals surface area contributed by atoms with Crippen LogP contribution in [0.5, 0.6) is 0 Å². The van der Waals surface area contributed by atoms with Crippen LogP contribution in [0, 0.1) is 17.0 Å². The fourth-order valence-corrected chi connectivity index (χ4v) is 1.64. The number of nitrogens with one attached hydrogen (secondary N) is 2. The predicted octanol–water partition coefficient (Wildman–Crippen LogP) is 0.00522. The number of hydrogen-bond acceptors (Lipinski definition) is 5. The highest BCUT2D eigenvalue weighted by molar-refractivity contribution is 6.45. The van der Waals surface area contributed by atoms with E-state index in [1.54, 1.807) is 19.1 Å². The van der Waals surface area contributed by atoms with Gasteiger partial charge in [-0.1, -0.05) is 12.1 Å². The van der Waals surface area contributed by atoms with E-state index < -0.39 is 16.7 Å². The maximum atomic E-state index is 10.9. The molecule has 1 saturated heterocycles. The van der Waals surface area contributed by atoms with Crippen LogP contribution in [0.4, 0.5) is 5.69 Å². The fraction of sp³-hybridized carbons (Fsp3) is 0.182. The third-order valence-corrected chi connectivity index (χ3v) is 2.69. The molecule has 0 aromatic heterocycles. The Balaban J connectivity index is 2.19. The van der Waals surface area contributed by atoms with Gasteiger partial charge in [0.2, 0.25) is 5.96 Å². The average molecular weight is 262 g/mol. The van der Waals surface area contributed by atoms with Crippen LogP contribution in [-0.4, -0.2) is 22.7 Å². The fourth-order valence-electron chi connectivity index (χ4n) is 1.64. The smallest absolute Gasteiger partial charge is 0.288 e. The molecule has 0 spiro atoms. The minimum Gasteiger partial charge on any atom is -0.288 e. The largest absolute Gasteiger partial charge is 0.316 e. The molecule has 0 atom stereocenters. The SMILES string of the molecule is Cc1c(CN=C2NC(=O)C(=O)N2)cccc1[N+](=O)[O-]. The molecule has 1 fully saturated rings. The molecule has 98 valence electrons. The number of aliphatic imine (C=N–C) groups is 1. The Morgan fingerprint density at radius 2 is 1.89 bits per heavy atom. The highest BCUT2D eigenvalue weighted by atomic mass is 16.6. The Labute approximate surface area is 107 Å². The van der Waals surface area contributed by atoms with Crippen molar-refractivity contribution in [2.75, 3.05) is 0 Å². The maximum absolute atomic E-state index is 10.9. The summed E-state index contributed by atoms with van der Waals surface area (Å²) in [6.07, 6.45) is 0. The summed E-state index contributed by atoms with van der Waals surface area (Å²) in [5.74, 6) is -1.48. The van der Waals surface area contributed by atoms with Gasteiger partial charge in [0, 0.05) is 11.6 Å². The first-order valence-electron chi connectivity index (χ1n) is 5.38. The Morgan fingerprint density at radius 3 is 2.47 bits per heavy atom. The minimum atomic E-state index is -0.769. The molecule has 2 rings (SSSR count). The highest BCUT2D eigenvalue weighted by Gasteiger charge is 2.25. The summed E-state index contributed by atoms with van der Waals surface area (Å²) in [5.41, 5.74) is 1.17. The lowest BCUT2D eigenvalue weighted by atomic mass is 10.1. The quantitative estimate of drug-likeness (QED) is 0.453. The molecule has 1 heterocycles. The number of benzene rings is 1. The Morgan fingerprint density at radius 1 is 1.26 bits per heavy atom. The maximum Gasteiger partial charge on any atom is 0.316 e. The molecule has 1 aliphatic rings. The van der Waals surface area contributed by atoms with E-state index in [-0.39, 0.29) is 18.2 Å². The van der Waals surface area contributed by atoms with E-state index in [0.717, 1.165) is 0 Å². The summed E-state index contributed by atoms with van der Waals surface area (Å²) in [6.45, 7) is 1.75. The molecule has 0 radical (unpaired) electrons. The van der Waals surface area contributed by atoms with Crippen LogP contribution in [0.2, 0.25) is 0 Å². The second kappa shape index (κ2) is 4.84. The zero-order valence-electron chi connectivity index (χ0n) is 9.97. The number of nitro groups is 1. The number of carbonyl (C=O) groups excluding carboxylic acids is 2. The van der Waals surface area contributed by atoms with Crippen LogP contribution in [0.1, 0.15) is 11.1 Å². The summed E-state index contributed by atoms with van der Waals surface area (Å²) in [4.78, 5) is 36.1. The standard InChI is InChI=1S/C11H10N4O4/c1-6-7(3-2-4-8(6)15(18)19)5-12-11-13-9(16)10(17)14-11/h2-4H,5H2,1H3,(H2,12,13,14,16,17). The van der Waals surface area contributed by atoms with E-state index in [1.165, 1.54) is 6.07 Å². The third kappa shape index (κ3) is 2.57. The normalized spacial score (nSPS) is 14.1. The van der Waals surface area contributed by atoms with Gasteiger partial charge in [0.15, 0.2) is 0 Å². The predicted molar refractivity (Wildman–Crippen MR) is 65.3 cm³/mol. The van der Waals surface area contributed by atoms with Gasteiger partial charge in [0.1, 0.15) is 0 Å². The first-order chi connectivity index (χ1) is 8.99. The molecule has 0 bridgehead atoms. The molecule has 2 amide bonds. The first-order valence-corrected chi connectivity index (χ1v) is 5.38. The zero-order chi connectivity index (χ0) is 14.0. The molecule has 0 aliphatic carbocycles. The van der Waals surface area contributed by atoms with Gasteiger partial charge in [-0.2, -0.15) is 0 Å². The summed E-state index contributed by atoms with van der Waals surface area (Å²) in [7, 11) is 0. The van der Waals surface area contributed by atoms with E-state index >= 15 is 0 Å². The lowest BCUT2D eigenvalue weighted by Gasteiger charge is -2.03. The van der Waals surface area contributed by atoms with Gasteiger partial charge in [-0.3, -0.25) is 30.3 Å². The van der Waals surface area contributed by atoms with Gasteiger partial charge in [-0.05, 0) is 12.5 Å². The zero-order valence-corrected chi connectivity index (χ0v) is 9.97. The van der Waals surface area contributed by atoms with Crippen LogP contribution in [0.3, 0.4) is 0 Å². The summed E-state index contributed by atoms with van der Waals surface area (Å²) >= 11 is 0. The molecule has 1 aliphatic heterocycles. The van der Waals surface area contributed by atoms with Crippen molar-refractivity contribution in [1.82, 2.24) is 10.6 Å². The van der Waals surface area contributed by atoms with E-state index in [4.69, 9.17) is 0 Å². The molecule has 0 saturated carbocycles. The monoisotopic (exact) mass is 262 g/mol. The molecule has 8 nitrogen and oxygen atoms in total. The average Bonchev–Trinajstić information content (AvgIpc) is 2.67. The van der Waals surface area contributed by atoms with Crippen LogP contribution >= 0.6 is 0 Å². The Kier molecular flexibility index (Phi) is 3.23. The molecule has 19 heavy (non-hydrogen) atoms. The molecule has 0 unspecified atom stereocenters. The van der Waals surface area contributed by atoms with Crippen molar-refractivity contribution >= 4 is 23.5 Å². The van der Waals surface area contributed by atoms with Crippen LogP contribution in [0.25, 0.3) is 0 Å². The van der Waals surface area contributed by atoms with Crippen molar-refractivity contribution in [2.24, 2.45) is 4.99 Å². The summed E-state index contributed by atoms with van der Waals surface area (Å²) < 4.78 is 0. The van der Waals surface area contributed by atoms with Crippen molar-refractivity contribution in [3.8, 4) is 0 Å². The Hall–Kier alpha value is -2.77. The highest BCUT2D eigenvalue weighted by Crippen LogP contribution is 2.21. The number of guanidine groups is 1. The van der Waals surface area contributed by atoms with Crippen molar-refractivity contribution < 1.29 is 14.5 Å². The Bertz CT molecular complexity index is 591. The summed E-state index contributed by atoms with van der Waals surface area (Å²) in [6, 6.07) is 4.67. The van der Waals surface area contributed by atoms with E-state index in [2.05, 4.69) is 15.6 Å². The van der Waals surface area contributed by atoms with Crippen LogP contribution < -0.4 is 10.6 Å². The van der Waals surface area contributed by atoms with Crippen molar-refractivity contribution in [2.45, 2.75) is 13.5 Å². The van der Waals surface area contributed by atoms with Crippen LogP contribution in [0.15, 0.2) is 23.2 Å². The van der Waals surface area contributed by atoms with Gasteiger partial charge in [0.25, 0.3) is 5.69 Å². The molecule has 2 N–H and O–H groups in total. The van der Waals surface area contributed by atoms with E-state index in [9.17, 15) is 19.7 Å². The second-order valence-electron chi connectivity index (χ2n) is 3.89. The number of carbonyl (C=O) groups is 2. The number of amides is 2. The summed E-state index contributed by atoms with van der Waals surface area (Å²) in [5, 5.41) is 15.3.